The highest BCUT2D eigenvalue weighted by Crippen LogP contribution is 2.31. The second-order valence-electron chi connectivity index (χ2n) is 6.15. The van der Waals surface area contributed by atoms with Crippen LogP contribution in [0.1, 0.15) is 45.2 Å². The van der Waals surface area contributed by atoms with Gasteiger partial charge in [0.2, 0.25) is 0 Å². The van der Waals surface area contributed by atoms with E-state index in [1.54, 1.807) is 43.3 Å². The van der Waals surface area contributed by atoms with Crippen LogP contribution in [-0.2, 0) is 0 Å². The summed E-state index contributed by atoms with van der Waals surface area (Å²) in [6.45, 7) is 1.98. The lowest BCUT2D eigenvalue weighted by molar-refractivity contribution is 0.0702. The number of fused-ring (bicyclic) bond motifs is 1. The number of amides is 2. The number of aliphatic imine (C=N–C) groups is 1. The van der Waals surface area contributed by atoms with E-state index in [2.05, 4.69) is 4.99 Å². The van der Waals surface area contributed by atoms with Crippen LogP contribution in [0.4, 0.5) is 8.78 Å². The Morgan fingerprint density at radius 1 is 0.962 bits per heavy atom. The molecule has 0 saturated carbocycles. The molecule has 0 fully saturated rings. The number of rotatable bonds is 3. The summed E-state index contributed by atoms with van der Waals surface area (Å²) in [5.74, 6) is -0.714. The molecule has 0 aliphatic carbocycles. The van der Waals surface area contributed by atoms with Crippen LogP contribution in [0.5, 0.6) is 0 Å². The summed E-state index contributed by atoms with van der Waals surface area (Å²) in [6, 6.07) is 12.6. The fourth-order valence-electron chi connectivity index (χ4n) is 3.29. The Kier molecular flexibility index (Phi) is 3.76. The quantitative estimate of drug-likeness (QED) is 0.784. The maximum absolute atomic E-state index is 12.7. The first kappa shape index (κ1) is 16.3. The van der Waals surface area contributed by atoms with Gasteiger partial charge in [0.25, 0.3) is 18.2 Å². The van der Waals surface area contributed by atoms with Gasteiger partial charge in [0, 0.05) is 11.1 Å². The molecular formula is C20H14F2N2O2. The van der Waals surface area contributed by atoms with Gasteiger partial charge in [0.1, 0.15) is 0 Å². The molecule has 0 saturated heterocycles. The molecule has 0 N–H and O–H groups in total. The largest absolute Gasteiger partial charge is 0.278 e. The number of alkyl halides is 2. The minimum absolute atomic E-state index is 0.0606. The van der Waals surface area contributed by atoms with Gasteiger partial charge in [-0.15, -0.1) is 0 Å². The summed E-state index contributed by atoms with van der Waals surface area (Å²) in [5, 5.41) is 0. The zero-order valence-electron chi connectivity index (χ0n) is 13.9. The second-order valence-corrected chi connectivity index (χ2v) is 6.15. The van der Waals surface area contributed by atoms with Crippen molar-refractivity contribution in [3.63, 3.8) is 0 Å². The van der Waals surface area contributed by atoms with E-state index in [1.165, 1.54) is 17.0 Å². The summed E-state index contributed by atoms with van der Waals surface area (Å²) in [5.41, 5.74) is 3.22. The highest BCUT2D eigenvalue weighted by atomic mass is 19.3. The predicted molar refractivity (Wildman–Crippen MR) is 92.4 cm³/mol. The lowest BCUT2D eigenvalue weighted by Gasteiger charge is -2.16. The molecule has 0 bridgehead atoms. The predicted octanol–water partition coefficient (Wildman–Crippen LogP) is 4.00. The molecule has 0 atom stereocenters. The van der Waals surface area contributed by atoms with Gasteiger partial charge in [-0.1, -0.05) is 36.4 Å². The van der Waals surface area contributed by atoms with Crippen molar-refractivity contribution < 1.29 is 18.4 Å². The zero-order valence-corrected chi connectivity index (χ0v) is 13.9. The van der Waals surface area contributed by atoms with E-state index in [4.69, 9.17) is 0 Å². The number of nitrogens with zero attached hydrogens (tertiary/aromatic N) is 2. The van der Waals surface area contributed by atoms with E-state index >= 15 is 0 Å². The molecule has 4 rings (SSSR count). The lowest BCUT2D eigenvalue weighted by atomic mass is 10.0. The summed E-state index contributed by atoms with van der Waals surface area (Å²) in [4.78, 5) is 30.9. The average molecular weight is 352 g/mol. The molecule has 2 aliphatic rings. The third kappa shape index (κ3) is 2.37. The number of allylic oxidation sites excluding steroid dienone is 1. The molecule has 0 aromatic heterocycles. The minimum atomic E-state index is -2.53. The maximum Gasteiger partial charge on any atom is 0.265 e. The molecule has 2 aliphatic heterocycles. The number of halogens is 2. The van der Waals surface area contributed by atoms with Crippen LogP contribution < -0.4 is 0 Å². The third-order valence-corrected chi connectivity index (χ3v) is 4.68. The van der Waals surface area contributed by atoms with Crippen LogP contribution in [0.2, 0.25) is 0 Å². The highest BCUT2D eigenvalue weighted by molar-refractivity contribution is 6.24. The number of hydrogen-bond donors (Lipinski definition) is 0. The Hall–Kier alpha value is -3.15. The van der Waals surface area contributed by atoms with Crippen LogP contribution in [0.3, 0.4) is 0 Å². The zero-order chi connectivity index (χ0) is 18.4. The van der Waals surface area contributed by atoms with Crippen molar-refractivity contribution in [2.45, 2.75) is 13.3 Å². The van der Waals surface area contributed by atoms with Gasteiger partial charge in [0.05, 0.1) is 29.1 Å². The van der Waals surface area contributed by atoms with E-state index < -0.39 is 6.43 Å². The fourth-order valence-corrected chi connectivity index (χ4v) is 3.29. The van der Waals surface area contributed by atoms with Crippen molar-refractivity contribution in [1.82, 2.24) is 4.90 Å². The molecule has 2 aromatic carbocycles. The summed E-state index contributed by atoms with van der Waals surface area (Å²) in [6.07, 6.45) is -2.53. The van der Waals surface area contributed by atoms with Crippen LogP contribution in [0, 0.1) is 0 Å². The van der Waals surface area contributed by atoms with Gasteiger partial charge in [0.15, 0.2) is 0 Å². The Morgan fingerprint density at radius 3 is 2.08 bits per heavy atom. The smallest absolute Gasteiger partial charge is 0.265 e. The molecule has 6 heteroatoms. The first-order valence-electron chi connectivity index (χ1n) is 8.10. The molecule has 130 valence electrons. The molecule has 0 unspecified atom stereocenters. The Balaban J connectivity index is 1.68. The monoisotopic (exact) mass is 352 g/mol. The molecule has 26 heavy (non-hydrogen) atoms. The Morgan fingerprint density at radius 2 is 1.54 bits per heavy atom. The van der Waals surface area contributed by atoms with Crippen molar-refractivity contribution in [2.75, 3.05) is 6.54 Å². The van der Waals surface area contributed by atoms with Crippen LogP contribution in [0.25, 0.3) is 0 Å². The number of imide groups is 1. The molecule has 0 radical (unpaired) electrons. The Bertz CT molecular complexity index is 956. The SMILES string of the molecule is CC1=C(N2C(=O)c3ccccc3C2=O)CN=C1c1ccc(C(F)F)cc1. The summed E-state index contributed by atoms with van der Waals surface area (Å²) < 4.78 is 25.4. The summed E-state index contributed by atoms with van der Waals surface area (Å²) in [7, 11) is 0. The van der Waals surface area contributed by atoms with Gasteiger partial charge in [-0.05, 0) is 24.6 Å². The van der Waals surface area contributed by atoms with Gasteiger partial charge < -0.3 is 0 Å². The first-order valence-corrected chi connectivity index (χ1v) is 8.10. The molecule has 0 spiro atoms. The van der Waals surface area contributed by atoms with Crippen LogP contribution in [-0.4, -0.2) is 29.0 Å². The van der Waals surface area contributed by atoms with E-state index in [-0.39, 0.29) is 23.9 Å². The topological polar surface area (TPSA) is 49.7 Å². The highest BCUT2D eigenvalue weighted by Gasteiger charge is 2.39. The van der Waals surface area contributed by atoms with Gasteiger partial charge in [-0.25, -0.2) is 13.7 Å². The lowest BCUT2D eigenvalue weighted by Crippen LogP contribution is -2.30. The third-order valence-electron chi connectivity index (χ3n) is 4.68. The van der Waals surface area contributed by atoms with Crippen LogP contribution in [0.15, 0.2) is 64.8 Å². The number of hydrogen-bond acceptors (Lipinski definition) is 3. The van der Waals surface area contributed by atoms with Crippen molar-refractivity contribution in [3.05, 3.63) is 82.1 Å². The maximum atomic E-state index is 12.7. The molecular weight excluding hydrogens is 338 g/mol. The van der Waals surface area contributed by atoms with Gasteiger partial charge in [-0.2, -0.15) is 0 Å². The van der Waals surface area contributed by atoms with Gasteiger partial charge >= 0.3 is 0 Å². The van der Waals surface area contributed by atoms with E-state index in [1.807, 2.05) is 0 Å². The Labute approximate surface area is 148 Å². The second kappa shape index (κ2) is 5.98. The van der Waals surface area contributed by atoms with Crippen molar-refractivity contribution in [3.8, 4) is 0 Å². The average Bonchev–Trinajstić information content (AvgIpc) is 3.13. The van der Waals surface area contributed by atoms with E-state index in [0.29, 0.717) is 33.7 Å². The fraction of sp³-hybridized carbons (Fsp3) is 0.150. The molecule has 2 aromatic rings. The molecule has 2 heterocycles. The number of benzene rings is 2. The first-order chi connectivity index (χ1) is 12.5. The van der Waals surface area contributed by atoms with E-state index in [0.717, 1.165) is 0 Å². The van der Waals surface area contributed by atoms with E-state index in [9.17, 15) is 18.4 Å². The standard InChI is InChI=1S/C20H14F2N2O2/c1-11-16(24-19(25)14-4-2-3-5-15(14)20(24)26)10-23-17(11)12-6-8-13(9-7-12)18(21)22/h2-9,18H,10H2,1H3. The van der Waals surface area contributed by atoms with Crippen LogP contribution >= 0.6 is 0 Å². The van der Waals surface area contributed by atoms with Crippen molar-refractivity contribution in [1.29, 1.82) is 0 Å². The molecule has 2 amide bonds. The van der Waals surface area contributed by atoms with Crippen molar-refractivity contribution >= 4 is 17.5 Å². The minimum Gasteiger partial charge on any atom is -0.278 e. The normalized spacial score (nSPS) is 16.6. The van der Waals surface area contributed by atoms with Crippen molar-refractivity contribution in [2.24, 2.45) is 4.99 Å². The number of carbonyl (C=O) groups excluding carboxylic acids is 2. The molecule has 4 nitrogen and oxygen atoms in total. The summed E-state index contributed by atoms with van der Waals surface area (Å²) >= 11 is 0. The van der Waals surface area contributed by atoms with Gasteiger partial charge in [-0.3, -0.25) is 14.6 Å². The number of carbonyl (C=O) groups is 2.